The van der Waals surface area contributed by atoms with Gasteiger partial charge >= 0.3 is 0 Å². The van der Waals surface area contributed by atoms with E-state index >= 15 is 0 Å². The van der Waals surface area contributed by atoms with Crippen LogP contribution in [0.3, 0.4) is 0 Å². The largest absolute Gasteiger partial charge is 0.376 e. The number of nitrogens with one attached hydrogen (secondary N) is 2. The molecule has 0 radical (unpaired) electrons. The standard InChI is InChI=1S/C12H17FN4O2/c13-10-9(4-5-15-11(10)17-14)12(18)16-7-8-3-1-2-6-19-8/h4-5,8H,1-3,6-7,14H2,(H,15,17)(H,16,18). The van der Waals surface area contributed by atoms with E-state index in [-0.39, 0.29) is 17.5 Å². The minimum Gasteiger partial charge on any atom is -0.376 e. The van der Waals surface area contributed by atoms with Crippen molar-refractivity contribution in [1.29, 1.82) is 0 Å². The second-order valence-corrected chi connectivity index (χ2v) is 4.36. The molecule has 2 heterocycles. The maximum Gasteiger partial charge on any atom is 0.254 e. The minimum atomic E-state index is -0.757. The van der Waals surface area contributed by atoms with Crippen LogP contribution in [0.5, 0.6) is 0 Å². The number of aromatic nitrogens is 1. The van der Waals surface area contributed by atoms with Crippen LogP contribution in [0.2, 0.25) is 0 Å². The number of nitrogens with zero attached hydrogens (tertiary/aromatic N) is 1. The molecular formula is C12H17FN4O2. The van der Waals surface area contributed by atoms with Gasteiger partial charge in [-0.25, -0.2) is 15.2 Å². The molecular weight excluding hydrogens is 251 g/mol. The molecule has 1 atom stereocenters. The van der Waals surface area contributed by atoms with E-state index in [1.807, 2.05) is 0 Å². The normalized spacial score (nSPS) is 18.9. The van der Waals surface area contributed by atoms with E-state index in [0.29, 0.717) is 13.2 Å². The van der Waals surface area contributed by atoms with Gasteiger partial charge in [0.1, 0.15) is 0 Å². The number of hydrogen-bond donors (Lipinski definition) is 3. The highest BCUT2D eigenvalue weighted by molar-refractivity contribution is 5.95. The molecule has 1 unspecified atom stereocenters. The van der Waals surface area contributed by atoms with E-state index in [1.165, 1.54) is 12.3 Å². The van der Waals surface area contributed by atoms with Crippen LogP contribution in [0.4, 0.5) is 10.2 Å². The Morgan fingerprint density at radius 3 is 3.11 bits per heavy atom. The summed E-state index contributed by atoms with van der Waals surface area (Å²) in [5.74, 6) is 3.70. The van der Waals surface area contributed by atoms with Crippen molar-refractivity contribution < 1.29 is 13.9 Å². The third-order valence-electron chi connectivity index (χ3n) is 3.03. The number of nitrogens with two attached hydrogens (primary N) is 1. The monoisotopic (exact) mass is 268 g/mol. The Balaban J connectivity index is 1.95. The molecule has 0 bridgehead atoms. The molecule has 0 spiro atoms. The van der Waals surface area contributed by atoms with Crippen LogP contribution in [0.15, 0.2) is 12.3 Å². The van der Waals surface area contributed by atoms with Crippen molar-refractivity contribution in [3.8, 4) is 0 Å². The quantitative estimate of drug-likeness (QED) is 0.555. The number of ether oxygens (including phenoxy) is 1. The molecule has 0 aliphatic carbocycles. The second kappa shape index (κ2) is 6.44. The Kier molecular flexibility index (Phi) is 4.64. The molecule has 19 heavy (non-hydrogen) atoms. The van der Waals surface area contributed by atoms with Gasteiger partial charge in [0.15, 0.2) is 11.6 Å². The number of hydrazine groups is 1. The molecule has 0 aromatic carbocycles. The van der Waals surface area contributed by atoms with Crippen molar-refractivity contribution >= 4 is 11.7 Å². The first-order chi connectivity index (χ1) is 9.22. The predicted molar refractivity (Wildman–Crippen MR) is 67.9 cm³/mol. The number of nitrogen functional groups attached to an aromatic ring is 1. The second-order valence-electron chi connectivity index (χ2n) is 4.36. The highest BCUT2D eigenvalue weighted by Gasteiger charge is 2.18. The summed E-state index contributed by atoms with van der Waals surface area (Å²) in [6, 6.07) is 1.31. The van der Waals surface area contributed by atoms with Gasteiger partial charge in [0.05, 0.1) is 11.7 Å². The lowest BCUT2D eigenvalue weighted by Gasteiger charge is -2.22. The maximum atomic E-state index is 13.8. The summed E-state index contributed by atoms with van der Waals surface area (Å²) in [5, 5.41) is 2.66. The van der Waals surface area contributed by atoms with Gasteiger partial charge in [0, 0.05) is 19.3 Å². The van der Waals surface area contributed by atoms with Gasteiger partial charge in [-0.15, -0.1) is 0 Å². The van der Waals surface area contributed by atoms with Gasteiger partial charge < -0.3 is 15.5 Å². The molecule has 1 aliphatic rings. The lowest BCUT2D eigenvalue weighted by molar-refractivity contribution is 0.0168. The van der Waals surface area contributed by atoms with E-state index in [0.717, 1.165) is 19.3 Å². The molecule has 1 aromatic rings. The van der Waals surface area contributed by atoms with Gasteiger partial charge in [0.2, 0.25) is 0 Å². The molecule has 1 aromatic heterocycles. The Labute approximate surface area is 110 Å². The third kappa shape index (κ3) is 3.39. The summed E-state index contributed by atoms with van der Waals surface area (Å²) >= 11 is 0. The first kappa shape index (κ1) is 13.7. The minimum absolute atomic E-state index is 0.00898. The van der Waals surface area contributed by atoms with E-state index in [4.69, 9.17) is 10.6 Å². The van der Waals surface area contributed by atoms with Crippen molar-refractivity contribution in [2.75, 3.05) is 18.6 Å². The maximum absolute atomic E-state index is 13.8. The summed E-state index contributed by atoms with van der Waals surface area (Å²) in [7, 11) is 0. The van der Waals surface area contributed by atoms with Gasteiger partial charge in [-0.3, -0.25) is 4.79 Å². The number of amides is 1. The first-order valence-corrected chi connectivity index (χ1v) is 6.23. The van der Waals surface area contributed by atoms with Gasteiger partial charge in [-0.1, -0.05) is 0 Å². The molecule has 1 aliphatic heterocycles. The lowest BCUT2D eigenvalue weighted by Crippen LogP contribution is -2.35. The first-order valence-electron chi connectivity index (χ1n) is 6.23. The number of carbonyl (C=O) groups excluding carboxylic acids is 1. The Morgan fingerprint density at radius 1 is 1.58 bits per heavy atom. The molecule has 2 rings (SSSR count). The molecule has 1 saturated heterocycles. The van der Waals surface area contributed by atoms with Crippen LogP contribution in [0, 0.1) is 5.82 Å². The highest BCUT2D eigenvalue weighted by Crippen LogP contribution is 2.15. The van der Waals surface area contributed by atoms with Crippen LogP contribution >= 0.6 is 0 Å². The van der Waals surface area contributed by atoms with Crippen LogP contribution < -0.4 is 16.6 Å². The Hall–Kier alpha value is -1.73. The van der Waals surface area contributed by atoms with Crippen LogP contribution in [0.25, 0.3) is 0 Å². The number of carbonyl (C=O) groups is 1. The van der Waals surface area contributed by atoms with Gasteiger partial charge in [-0.2, -0.15) is 0 Å². The van der Waals surface area contributed by atoms with Crippen LogP contribution in [0.1, 0.15) is 29.6 Å². The van der Waals surface area contributed by atoms with Crippen LogP contribution in [-0.2, 0) is 4.74 Å². The summed E-state index contributed by atoms with van der Waals surface area (Å²) in [6.07, 6.45) is 4.38. The zero-order valence-corrected chi connectivity index (χ0v) is 10.5. The average Bonchev–Trinajstić information content (AvgIpc) is 2.46. The number of halogens is 1. The zero-order chi connectivity index (χ0) is 13.7. The Morgan fingerprint density at radius 2 is 2.42 bits per heavy atom. The highest BCUT2D eigenvalue weighted by atomic mass is 19.1. The van der Waals surface area contributed by atoms with Gasteiger partial charge in [0.25, 0.3) is 5.91 Å². The summed E-state index contributed by atoms with van der Waals surface area (Å²) in [5.41, 5.74) is 2.02. The molecule has 7 heteroatoms. The number of pyridine rings is 1. The van der Waals surface area contributed by atoms with Crippen molar-refractivity contribution in [2.24, 2.45) is 5.84 Å². The average molecular weight is 268 g/mol. The molecule has 1 amide bonds. The number of anilines is 1. The topological polar surface area (TPSA) is 89.3 Å². The van der Waals surface area contributed by atoms with Crippen molar-refractivity contribution in [1.82, 2.24) is 10.3 Å². The predicted octanol–water partition coefficient (Wildman–Crippen LogP) is 0.805. The number of rotatable bonds is 4. The molecule has 4 N–H and O–H groups in total. The summed E-state index contributed by atoms with van der Waals surface area (Å²) < 4.78 is 19.3. The fraction of sp³-hybridized carbons (Fsp3) is 0.500. The lowest BCUT2D eigenvalue weighted by atomic mass is 10.1. The van der Waals surface area contributed by atoms with Gasteiger partial charge in [-0.05, 0) is 25.3 Å². The zero-order valence-electron chi connectivity index (χ0n) is 10.5. The molecule has 1 fully saturated rings. The third-order valence-corrected chi connectivity index (χ3v) is 3.03. The smallest absolute Gasteiger partial charge is 0.254 e. The summed E-state index contributed by atoms with van der Waals surface area (Å²) in [6.45, 7) is 1.09. The molecule has 6 nitrogen and oxygen atoms in total. The molecule has 0 saturated carbocycles. The SMILES string of the molecule is NNc1nccc(C(=O)NCC2CCCCO2)c1F. The fourth-order valence-electron chi connectivity index (χ4n) is 1.99. The van der Waals surface area contributed by atoms with Crippen molar-refractivity contribution in [2.45, 2.75) is 25.4 Å². The van der Waals surface area contributed by atoms with Crippen molar-refractivity contribution in [3.05, 3.63) is 23.6 Å². The summed E-state index contributed by atoms with van der Waals surface area (Å²) in [4.78, 5) is 15.5. The van der Waals surface area contributed by atoms with Crippen LogP contribution in [-0.4, -0.2) is 30.1 Å². The van der Waals surface area contributed by atoms with E-state index < -0.39 is 11.7 Å². The van der Waals surface area contributed by atoms with Crippen molar-refractivity contribution in [3.63, 3.8) is 0 Å². The van der Waals surface area contributed by atoms with E-state index in [2.05, 4.69) is 15.7 Å². The fourth-order valence-corrected chi connectivity index (χ4v) is 1.99. The van der Waals surface area contributed by atoms with E-state index in [9.17, 15) is 9.18 Å². The molecule has 104 valence electrons. The van der Waals surface area contributed by atoms with E-state index in [1.54, 1.807) is 0 Å². The Bertz CT molecular complexity index is 449. The number of hydrogen-bond acceptors (Lipinski definition) is 5.